The lowest BCUT2D eigenvalue weighted by Crippen LogP contribution is -2.00. The van der Waals surface area contributed by atoms with Crippen molar-refractivity contribution in [3.05, 3.63) is 121 Å². The Morgan fingerprint density at radius 1 is 0.425 bits per heavy atom. The van der Waals surface area contributed by atoms with E-state index < -0.39 is 189 Å². The van der Waals surface area contributed by atoms with E-state index in [0.29, 0.717) is 0 Å². The first-order valence-electron chi connectivity index (χ1n) is 21.4. The van der Waals surface area contributed by atoms with E-state index in [2.05, 4.69) is 19.9 Å². The Labute approximate surface area is 256 Å². The van der Waals surface area contributed by atoms with E-state index in [1.165, 1.54) is 0 Å². The zero-order chi connectivity index (χ0) is 43.9. The van der Waals surface area contributed by atoms with Crippen LogP contribution in [0.3, 0.4) is 0 Å². The number of furan rings is 1. The summed E-state index contributed by atoms with van der Waals surface area (Å²) in [6.45, 7) is 0. The van der Waals surface area contributed by atoms with Crippen LogP contribution in [0.1, 0.15) is 27.4 Å². The highest BCUT2D eigenvalue weighted by Gasteiger charge is 2.16. The summed E-state index contributed by atoms with van der Waals surface area (Å²) in [6.07, 6.45) is 0. The molecule has 0 fully saturated rings. The van der Waals surface area contributed by atoms with Gasteiger partial charge in [0.1, 0.15) is 16.7 Å². The van der Waals surface area contributed by atoms with Crippen molar-refractivity contribution in [2.75, 3.05) is 0 Å². The number of aromatic nitrogens is 4. The van der Waals surface area contributed by atoms with Crippen LogP contribution in [0.25, 0.3) is 78.7 Å². The van der Waals surface area contributed by atoms with Gasteiger partial charge in [0.05, 0.1) is 27.4 Å². The number of hydrogen-bond donors (Lipinski definition) is 0. The van der Waals surface area contributed by atoms with Crippen LogP contribution >= 0.6 is 0 Å². The van der Waals surface area contributed by atoms with Crippen molar-refractivity contribution >= 4 is 33.0 Å². The number of benzene rings is 5. The molecule has 0 aliphatic heterocycles. The summed E-state index contributed by atoms with van der Waals surface area (Å²) in [5, 5.41) is -0.666. The van der Waals surface area contributed by atoms with Gasteiger partial charge < -0.3 is 8.83 Å². The summed E-state index contributed by atoms with van der Waals surface area (Å²) >= 11 is 0. The minimum absolute atomic E-state index is 0.317. The molecule has 3 heterocycles. The van der Waals surface area contributed by atoms with Gasteiger partial charge in [0.15, 0.2) is 23.1 Å². The zero-order valence-electron chi connectivity index (χ0n) is 39.6. The summed E-state index contributed by atoms with van der Waals surface area (Å²) in [7, 11) is 0. The van der Waals surface area contributed by atoms with Crippen LogP contribution in [0.15, 0.2) is 130 Å². The number of fused-ring (bicyclic) bond motifs is 4. The molecule has 0 unspecified atom stereocenters. The van der Waals surface area contributed by atoms with Gasteiger partial charge in [0.25, 0.3) is 0 Å². The molecule has 8 aromatic rings. The molecule has 188 valence electrons. The van der Waals surface area contributed by atoms with Crippen molar-refractivity contribution in [2.24, 2.45) is 0 Å². The largest absolute Gasteiger partial charge is 0.456 e. The maximum absolute atomic E-state index is 9.25. The molecule has 8 rings (SSSR count). The molecule has 5 aromatic carbocycles. The molecule has 0 amide bonds. The Bertz CT molecular complexity index is 3230. The van der Waals surface area contributed by atoms with Crippen LogP contribution in [0.4, 0.5) is 0 Å². The highest BCUT2D eigenvalue weighted by Crippen LogP contribution is 2.33. The first-order valence-corrected chi connectivity index (χ1v) is 11.4. The average Bonchev–Trinajstić information content (AvgIpc) is 3.85. The fraction of sp³-hybridized carbons (Fsp3) is 0. The molecule has 6 heteroatoms. The Morgan fingerprint density at radius 3 is 1.80 bits per heavy atom. The van der Waals surface area contributed by atoms with Gasteiger partial charge in [0.2, 0.25) is 5.89 Å². The van der Waals surface area contributed by atoms with Crippen molar-refractivity contribution in [1.29, 1.82) is 0 Å². The molecule has 6 nitrogen and oxygen atoms in total. The van der Waals surface area contributed by atoms with Gasteiger partial charge >= 0.3 is 0 Å². The first-order chi connectivity index (χ1) is 28.1. The maximum Gasteiger partial charge on any atom is 0.227 e. The molecule has 0 saturated carbocycles. The van der Waals surface area contributed by atoms with Gasteiger partial charge in [-0.25, -0.2) is 19.9 Å². The highest BCUT2D eigenvalue weighted by atomic mass is 16.3. The normalized spacial score (nSPS) is 18.5. The number of rotatable bonds is 4. The number of hydrogen-bond acceptors (Lipinski definition) is 6. The van der Waals surface area contributed by atoms with E-state index in [1.54, 1.807) is 0 Å². The van der Waals surface area contributed by atoms with E-state index >= 15 is 0 Å². The van der Waals surface area contributed by atoms with Crippen LogP contribution in [-0.4, -0.2) is 19.9 Å². The molecule has 0 radical (unpaired) electrons. The predicted molar refractivity (Wildman–Crippen MR) is 156 cm³/mol. The van der Waals surface area contributed by atoms with Crippen molar-refractivity contribution in [3.63, 3.8) is 0 Å². The summed E-state index contributed by atoms with van der Waals surface area (Å²) < 4.78 is 181. The Morgan fingerprint density at radius 2 is 1.02 bits per heavy atom. The fourth-order valence-corrected chi connectivity index (χ4v) is 3.82. The second kappa shape index (κ2) is 8.99. The van der Waals surface area contributed by atoms with Crippen molar-refractivity contribution < 1.29 is 36.2 Å². The van der Waals surface area contributed by atoms with Gasteiger partial charge in [-0.2, -0.15) is 0 Å². The Hall–Kier alpha value is -5.62. The van der Waals surface area contributed by atoms with E-state index in [-0.39, 0.29) is 10.8 Å². The molecular formula is C34H20N4O2. The highest BCUT2D eigenvalue weighted by molar-refractivity contribution is 6.06. The van der Waals surface area contributed by atoms with Crippen LogP contribution in [0.5, 0.6) is 0 Å². The molecule has 40 heavy (non-hydrogen) atoms. The lowest BCUT2D eigenvalue weighted by molar-refractivity contribution is 0.620. The number of oxazole rings is 1. The molecule has 0 aliphatic carbocycles. The Kier molecular flexibility index (Phi) is 2.29. The van der Waals surface area contributed by atoms with E-state index in [0.717, 1.165) is 0 Å². The van der Waals surface area contributed by atoms with Crippen LogP contribution < -0.4 is 0 Å². The predicted octanol–water partition coefficient (Wildman–Crippen LogP) is 8.58. The smallest absolute Gasteiger partial charge is 0.227 e. The van der Waals surface area contributed by atoms with Crippen LogP contribution in [0, 0.1) is 0 Å². The standard InChI is InChI=1S/C34H20N4O2/c1-3-9-21(10-4-1)31-36-32(23-16-18-29-26(19-23)25-13-7-8-14-28(25)39-29)38-33(37-31)24-15-17-27-30(20-24)40-34(35-27)22-11-5-2-6-12-22/h1-20H/i1D,2D,3D,4D,5D,6D,7D,8D,9D,10D,11D,12D,13D,14D,15D,16D,17D,18D,19D,20D. The van der Waals surface area contributed by atoms with E-state index in [1.807, 2.05) is 0 Å². The minimum atomic E-state index is -0.818. The van der Waals surface area contributed by atoms with Crippen LogP contribution in [0.2, 0.25) is 0 Å². The van der Waals surface area contributed by atoms with Gasteiger partial charge in [-0.05, 0) is 54.4 Å². The van der Waals surface area contributed by atoms with Gasteiger partial charge in [-0.3, -0.25) is 0 Å². The lowest BCUT2D eigenvalue weighted by Gasteiger charge is -2.08. The lowest BCUT2D eigenvalue weighted by atomic mass is 10.1. The molecule has 0 bridgehead atoms. The third-order valence-electron chi connectivity index (χ3n) is 5.58. The molecule has 0 N–H and O–H groups in total. The topological polar surface area (TPSA) is 77.8 Å². The Balaban J connectivity index is 1.49. The second-order valence-electron chi connectivity index (χ2n) is 8.01. The summed E-state index contributed by atoms with van der Waals surface area (Å²) in [6, 6.07) is -14.8. The third kappa shape index (κ3) is 3.82. The molecule has 3 aromatic heterocycles. The monoisotopic (exact) mass is 536 g/mol. The first kappa shape index (κ1) is 10.2. The quantitative estimate of drug-likeness (QED) is 0.224. The molecule has 0 aliphatic rings. The van der Waals surface area contributed by atoms with Crippen molar-refractivity contribution in [1.82, 2.24) is 19.9 Å². The third-order valence-corrected chi connectivity index (χ3v) is 5.58. The fourth-order valence-electron chi connectivity index (χ4n) is 3.82. The van der Waals surface area contributed by atoms with Gasteiger partial charge in [-0.1, -0.05) is 66.5 Å². The number of nitrogens with zero attached hydrogens (tertiary/aromatic N) is 4. The van der Waals surface area contributed by atoms with Gasteiger partial charge in [-0.15, -0.1) is 0 Å². The summed E-state index contributed by atoms with van der Waals surface area (Å²) in [5.41, 5.74) is -4.24. The van der Waals surface area contributed by atoms with Crippen LogP contribution in [-0.2, 0) is 0 Å². The summed E-state index contributed by atoms with van der Waals surface area (Å²) in [5.74, 6) is -2.72. The van der Waals surface area contributed by atoms with Gasteiger partial charge in [0, 0.05) is 33.0 Å². The zero-order valence-corrected chi connectivity index (χ0v) is 19.6. The SMILES string of the molecule is [2H]c1c([2H])c([2H])c(-c2nc(-c3c([2H])c([2H])c4nc(-c5c([2H])c([2H])c([2H])c([2H])c5[2H])oc4c3[2H])nc(-c3c([2H])c([2H])c4oc5c([2H])c([2H])c([2H])c([2H])c5c4c3[2H])n2)c([2H])c1[2H]. The summed E-state index contributed by atoms with van der Waals surface area (Å²) in [4.78, 5) is 17.0. The molecule has 0 saturated heterocycles. The second-order valence-corrected chi connectivity index (χ2v) is 8.01. The maximum atomic E-state index is 9.25. The molecule has 0 spiro atoms. The van der Waals surface area contributed by atoms with Crippen molar-refractivity contribution in [3.8, 4) is 45.6 Å². The van der Waals surface area contributed by atoms with Crippen molar-refractivity contribution in [2.45, 2.75) is 0 Å². The van der Waals surface area contributed by atoms with E-state index in [4.69, 9.17) is 34.9 Å². The minimum Gasteiger partial charge on any atom is -0.456 e. The average molecular weight is 537 g/mol. The number of para-hydroxylation sites is 1. The molecule has 0 atom stereocenters. The van der Waals surface area contributed by atoms with E-state index in [9.17, 15) is 1.37 Å². The molecular weight excluding hydrogens is 496 g/mol.